The molecule has 0 aliphatic carbocycles. The number of nitrogens with one attached hydrogen (secondary N) is 1. The van der Waals surface area contributed by atoms with Gasteiger partial charge in [-0.15, -0.1) is 0 Å². The average Bonchev–Trinajstić information content (AvgIpc) is 2.86. The van der Waals surface area contributed by atoms with Crippen molar-refractivity contribution in [3.63, 3.8) is 0 Å². The summed E-state index contributed by atoms with van der Waals surface area (Å²) in [5, 5.41) is 52.1. The largest absolute Gasteiger partial charge is 0.479 e. The molecule has 0 saturated carbocycles. The van der Waals surface area contributed by atoms with E-state index < -0.39 is 48.9 Å². The van der Waals surface area contributed by atoms with Crippen LogP contribution in [0.25, 0.3) is 0 Å². The molecule has 0 aromatic carbocycles. The zero-order chi connectivity index (χ0) is 27.6. The molecule has 1 aliphatic rings. The summed E-state index contributed by atoms with van der Waals surface area (Å²) in [6, 6.07) is -0.467. The van der Waals surface area contributed by atoms with Crippen LogP contribution in [0, 0.1) is 0 Å². The van der Waals surface area contributed by atoms with Crippen LogP contribution in [0.15, 0.2) is 0 Å². The number of unbranched alkanes of at least 4 members (excludes halogenated alkanes) is 12. The van der Waals surface area contributed by atoms with E-state index in [0.29, 0.717) is 0 Å². The lowest BCUT2D eigenvalue weighted by atomic mass is 9.99. The zero-order valence-corrected chi connectivity index (χ0v) is 23.1. The van der Waals surface area contributed by atoms with E-state index in [-0.39, 0.29) is 12.7 Å². The smallest absolute Gasteiger partial charge is 0.335 e. The Morgan fingerprint density at radius 1 is 0.865 bits per heavy atom. The number of rotatable bonds is 22. The second-order valence-electron chi connectivity index (χ2n) is 10.3. The maximum Gasteiger partial charge on any atom is 0.335 e. The Kier molecular flexibility index (Phi) is 18.6. The third kappa shape index (κ3) is 13.7. The predicted octanol–water partition coefficient (Wildman–Crippen LogP) is 2.69. The van der Waals surface area contributed by atoms with Gasteiger partial charge in [-0.05, 0) is 13.3 Å². The molecule has 1 fully saturated rings. The molecule has 6 unspecified atom stereocenters. The van der Waals surface area contributed by atoms with Crippen molar-refractivity contribution in [1.82, 2.24) is 5.32 Å². The molecule has 6 N–H and O–H groups in total. The van der Waals surface area contributed by atoms with E-state index >= 15 is 0 Å². The van der Waals surface area contributed by atoms with Crippen LogP contribution in [0.2, 0.25) is 0 Å². The number of aliphatic hydroxyl groups excluding tert-OH is 4. The first kappa shape index (κ1) is 34.2. The summed E-state index contributed by atoms with van der Waals surface area (Å²) in [6.07, 6.45) is 7.67. The number of aliphatic hydroxyl groups is 4. The first-order valence-electron chi connectivity index (χ1n) is 14.2. The van der Waals surface area contributed by atoms with Gasteiger partial charge in [-0.25, -0.2) is 4.79 Å². The summed E-state index contributed by atoms with van der Waals surface area (Å²) in [4.78, 5) is 11.3. The van der Waals surface area contributed by atoms with E-state index in [1.54, 1.807) is 14.0 Å². The fourth-order valence-corrected chi connectivity index (χ4v) is 4.81. The van der Waals surface area contributed by atoms with Gasteiger partial charge in [0.25, 0.3) is 0 Å². The molecule has 8 atom stereocenters. The van der Waals surface area contributed by atoms with Gasteiger partial charge in [0.1, 0.15) is 24.5 Å². The lowest BCUT2D eigenvalue weighted by Gasteiger charge is -2.39. The van der Waals surface area contributed by atoms with Crippen molar-refractivity contribution in [2.75, 3.05) is 13.7 Å². The summed E-state index contributed by atoms with van der Waals surface area (Å²) < 4.78 is 16.4. The van der Waals surface area contributed by atoms with Crippen LogP contribution in [-0.2, 0) is 19.0 Å². The van der Waals surface area contributed by atoms with Crippen LogP contribution >= 0.6 is 0 Å². The van der Waals surface area contributed by atoms with Crippen molar-refractivity contribution in [2.24, 2.45) is 0 Å². The summed E-state index contributed by atoms with van der Waals surface area (Å²) in [6.45, 7) is 3.74. The third-order valence-corrected chi connectivity index (χ3v) is 7.05. The minimum absolute atomic E-state index is 0.0707. The SMILES string of the molecule is CCCCCCCCCCCCCCC[C@H](OC)[C@H](COC1OC(C(=O)O)C(O)C(O)C1O)NC(C)O. The molecule has 10 heteroatoms. The highest BCUT2D eigenvalue weighted by Crippen LogP contribution is 2.23. The van der Waals surface area contributed by atoms with Crippen molar-refractivity contribution in [2.45, 2.75) is 153 Å². The minimum Gasteiger partial charge on any atom is -0.479 e. The molecule has 0 aromatic heterocycles. The number of carboxylic acids is 1. The monoisotopic (exact) mass is 535 g/mol. The first-order valence-corrected chi connectivity index (χ1v) is 14.2. The Bertz CT molecular complexity index is 580. The maximum atomic E-state index is 11.3. The van der Waals surface area contributed by atoms with Crippen molar-refractivity contribution >= 4 is 5.97 Å². The summed E-state index contributed by atoms with van der Waals surface area (Å²) in [5.41, 5.74) is 0. The van der Waals surface area contributed by atoms with E-state index in [4.69, 9.17) is 14.2 Å². The molecule has 0 aromatic rings. The van der Waals surface area contributed by atoms with Crippen molar-refractivity contribution in [3.05, 3.63) is 0 Å². The van der Waals surface area contributed by atoms with Crippen LogP contribution in [0.3, 0.4) is 0 Å². The summed E-state index contributed by atoms with van der Waals surface area (Å²) in [7, 11) is 1.58. The highest BCUT2D eigenvalue weighted by molar-refractivity contribution is 5.73. The third-order valence-electron chi connectivity index (χ3n) is 7.05. The molecular formula is C27H53NO9. The molecule has 0 bridgehead atoms. The molecule has 1 saturated heterocycles. The lowest BCUT2D eigenvalue weighted by Crippen LogP contribution is -2.61. The Labute approximate surface area is 222 Å². The van der Waals surface area contributed by atoms with Gasteiger partial charge in [0.15, 0.2) is 12.4 Å². The second kappa shape index (κ2) is 20.1. The van der Waals surface area contributed by atoms with Gasteiger partial charge in [-0.3, -0.25) is 5.32 Å². The van der Waals surface area contributed by atoms with Crippen LogP contribution in [-0.4, -0.2) is 94.3 Å². The molecule has 10 nitrogen and oxygen atoms in total. The molecule has 1 heterocycles. The lowest BCUT2D eigenvalue weighted by molar-refractivity contribution is -0.296. The summed E-state index contributed by atoms with van der Waals surface area (Å²) in [5.74, 6) is -1.47. The van der Waals surface area contributed by atoms with Crippen molar-refractivity contribution in [3.8, 4) is 0 Å². The van der Waals surface area contributed by atoms with Crippen LogP contribution in [0.4, 0.5) is 0 Å². The maximum absolute atomic E-state index is 11.3. The molecule has 1 aliphatic heterocycles. The van der Waals surface area contributed by atoms with Gasteiger partial charge in [-0.1, -0.05) is 90.4 Å². The van der Waals surface area contributed by atoms with Crippen molar-refractivity contribution in [1.29, 1.82) is 0 Å². The molecule has 0 amide bonds. The quantitative estimate of drug-likeness (QED) is 0.0899. The predicted molar refractivity (Wildman–Crippen MR) is 140 cm³/mol. The fraction of sp³-hybridized carbons (Fsp3) is 0.963. The number of hydrogen-bond acceptors (Lipinski definition) is 9. The summed E-state index contributed by atoms with van der Waals surface area (Å²) >= 11 is 0. The normalized spacial score (nSPS) is 26.6. The Hall–Kier alpha value is -0.850. The molecule has 220 valence electrons. The van der Waals surface area contributed by atoms with E-state index in [1.807, 2.05) is 0 Å². The number of carboxylic acid groups (broad SMARTS) is 1. The first-order chi connectivity index (χ1) is 17.7. The van der Waals surface area contributed by atoms with Gasteiger partial charge in [-0.2, -0.15) is 0 Å². The van der Waals surface area contributed by atoms with Crippen LogP contribution in [0.5, 0.6) is 0 Å². The number of methoxy groups -OCH3 is 1. The van der Waals surface area contributed by atoms with Gasteiger partial charge < -0.3 is 39.7 Å². The van der Waals surface area contributed by atoms with Gasteiger partial charge >= 0.3 is 5.97 Å². The number of aliphatic carboxylic acids is 1. The van der Waals surface area contributed by atoms with Crippen LogP contribution in [0.1, 0.15) is 104 Å². The minimum atomic E-state index is -1.78. The zero-order valence-electron chi connectivity index (χ0n) is 23.1. The molecule has 0 radical (unpaired) electrons. The highest BCUT2D eigenvalue weighted by atomic mass is 16.7. The Balaban J connectivity index is 2.37. The molecule has 0 spiro atoms. The van der Waals surface area contributed by atoms with Gasteiger partial charge in [0.05, 0.1) is 18.8 Å². The van der Waals surface area contributed by atoms with Crippen LogP contribution < -0.4 is 5.32 Å². The van der Waals surface area contributed by atoms with E-state index in [9.17, 15) is 30.3 Å². The van der Waals surface area contributed by atoms with Gasteiger partial charge in [0.2, 0.25) is 0 Å². The fourth-order valence-electron chi connectivity index (χ4n) is 4.81. The molecular weight excluding hydrogens is 482 g/mol. The molecule has 37 heavy (non-hydrogen) atoms. The second-order valence-corrected chi connectivity index (χ2v) is 10.3. The Morgan fingerprint density at radius 3 is 1.84 bits per heavy atom. The topological polar surface area (TPSA) is 158 Å². The standard InChI is InChI=1S/C27H53NO9/c1-4-5-6-7-8-9-10-11-12-13-14-15-16-17-21(35-3)20(28-19(2)29)18-36-27-24(32)22(30)23(31)25(37-27)26(33)34/h19-25,27-32H,4-18H2,1-3H3,(H,33,34)/t19?,20-,21-,22?,23?,24?,25?,27?/m0/s1. The molecule has 1 rings (SSSR count). The van der Waals surface area contributed by atoms with E-state index in [2.05, 4.69) is 12.2 Å². The number of hydrogen-bond donors (Lipinski definition) is 6. The average molecular weight is 536 g/mol. The van der Waals surface area contributed by atoms with E-state index in [1.165, 1.54) is 64.2 Å². The van der Waals surface area contributed by atoms with Gasteiger partial charge in [0, 0.05) is 7.11 Å². The van der Waals surface area contributed by atoms with E-state index in [0.717, 1.165) is 25.7 Å². The highest BCUT2D eigenvalue weighted by Gasteiger charge is 2.47. The number of ether oxygens (including phenoxy) is 3. The van der Waals surface area contributed by atoms with Crippen molar-refractivity contribution < 1.29 is 44.5 Å². The number of carbonyl (C=O) groups is 1. The Morgan fingerprint density at radius 2 is 1.38 bits per heavy atom.